The van der Waals surface area contributed by atoms with E-state index in [2.05, 4.69) is 0 Å². The molecule has 0 spiro atoms. The van der Waals surface area contributed by atoms with E-state index < -0.39 is 0 Å². The van der Waals surface area contributed by atoms with Gasteiger partial charge in [-0.3, -0.25) is 4.79 Å². The minimum Gasteiger partial charge on any atom is -0.465 e. The lowest BCUT2D eigenvalue weighted by Gasteiger charge is -2.13. The summed E-state index contributed by atoms with van der Waals surface area (Å²) in [6.45, 7) is 2.46. The zero-order valence-corrected chi connectivity index (χ0v) is 8.27. The Balaban J connectivity index is 2.77. The molecule has 76 valence electrons. The number of hydrogen-bond donors (Lipinski definition) is 1. The van der Waals surface area contributed by atoms with Gasteiger partial charge in [-0.05, 0) is 12.5 Å². The summed E-state index contributed by atoms with van der Waals surface area (Å²) >= 11 is 0. The fourth-order valence-corrected chi connectivity index (χ4v) is 1.30. The van der Waals surface area contributed by atoms with E-state index in [1.54, 1.807) is 6.92 Å². The lowest BCUT2D eigenvalue weighted by Crippen LogP contribution is -2.23. The number of hydrogen-bond acceptors (Lipinski definition) is 3. The Bertz CT molecular complexity index is 285. The highest BCUT2D eigenvalue weighted by Gasteiger charge is 2.19. The Labute approximate surface area is 83.9 Å². The highest BCUT2D eigenvalue weighted by molar-refractivity contribution is 5.78. The molecule has 0 aliphatic carbocycles. The normalized spacial score (nSPS) is 12.1. The maximum atomic E-state index is 11.5. The third-order valence-corrected chi connectivity index (χ3v) is 2.01. The summed E-state index contributed by atoms with van der Waals surface area (Å²) in [7, 11) is 0. The van der Waals surface area contributed by atoms with Gasteiger partial charge in [0.15, 0.2) is 0 Å². The van der Waals surface area contributed by atoms with E-state index in [9.17, 15) is 4.79 Å². The lowest BCUT2D eigenvalue weighted by molar-refractivity contribution is -0.144. The summed E-state index contributed by atoms with van der Waals surface area (Å²) < 4.78 is 4.93. The monoisotopic (exact) mass is 193 g/mol. The van der Waals surface area contributed by atoms with Crippen molar-refractivity contribution in [1.82, 2.24) is 0 Å². The molecule has 3 heteroatoms. The van der Waals surface area contributed by atoms with Gasteiger partial charge < -0.3 is 10.5 Å². The molecule has 0 saturated heterocycles. The number of carbonyl (C=O) groups is 1. The largest absolute Gasteiger partial charge is 0.465 e. The molecule has 0 fully saturated rings. The Kier molecular flexibility index (Phi) is 4.13. The third-order valence-electron chi connectivity index (χ3n) is 2.01. The van der Waals surface area contributed by atoms with Crippen molar-refractivity contribution in [3.63, 3.8) is 0 Å². The van der Waals surface area contributed by atoms with Crippen molar-refractivity contribution in [2.45, 2.75) is 12.8 Å². The maximum absolute atomic E-state index is 11.5. The van der Waals surface area contributed by atoms with Gasteiger partial charge in [-0.2, -0.15) is 0 Å². The summed E-state index contributed by atoms with van der Waals surface area (Å²) in [5.41, 5.74) is 6.45. The van der Waals surface area contributed by atoms with Crippen LogP contribution in [0.25, 0.3) is 0 Å². The van der Waals surface area contributed by atoms with Crippen molar-refractivity contribution in [2.24, 2.45) is 5.73 Å². The number of nitrogens with two attached hydrogens (primary N) is 1. The molecule has 1 atom stereocenters. The average molecular weight is 193 g/mol. The van der Waals surface area contributed by atoms with Crippen molar-refractivity contribution >= 4 is 5.97 Å². The molecular weight excluding hydrogens is 178 g/mol. The van der Waals surface area contributed by atoms with E-state index in [0.29, 0.717) is 6.61 Å². The zero-order valence-electron chi connectivity index (χ0n) is 8.27. The minimum atomic E-state index is -0.337. The summed E-state index contributed by atoms with van der Waals surface area (Å²) in [6.07, 6.45) is 0. The molecule has 0 aliphatic heterocycles. The van der Waals surface area contributed by atoms with Gasteiger partial charge in [0, 0.05) is 6.54 Å². The predicted molar refractivity (Wildman–Crippen MR) is 54.9 cm³/mol. The molecule has 0 aromatic heterocycles. The van der Waals surface area contributed by atoms with Gasteiger partial charge in [0.25, 0.3) is 0 Å². The predicted octanol–water partition coefficient (Wildman–Crippen LogP) is 1.29. The minimum absolute atomic E-state index is 0.249. The first kappa shape index (κ1) is 10.7. The topological polar surface area (TPSA) is 52.3 Å². The molecule has 0 heterocycles. The highest BCUT2D eigenvalue weighted by Crippen LogP contribution is 2.15. The van der Waals surface area contributed by atoms with Crippen LogP contribution in [-0.2, 0) is 9.53 Å². The Morgan fingerprint density at radius 3 is 2.57 bits per heavy atom. The van der Waals surface area contributed by atoms with Gasteiger partial charge in [-0.15, -0.1) is 0 Å². The first-order chi connectivity index (χ1) is 6.79. The Morgan fingerprint density at radius 1 is 1.43 bits per heavy atom. The van der Waals surface area contributed by atoms with Gasteiger partial charge in [0.1, 0.15) is 0 Å². The van der Waals surface area contributed by atoms with E-state index >= 15 is 0 Å². The molecule has 0 saturated carbocycles. The van der Waals surface area contributed by atoms with Crippen molar-refractivity contribution in [3.05, 3.63) is 35.9 Å². The van der Waals surface area contributed by atoms with Crippen LogP contribution in [0.4, 0.5) is 0 Å². The van der Waals surface area contributed by atoms with Gasteiger partial charge in [0.2, 0.25) is 0 Å². The van der Waals surface area contributed by atoms with E-state index in [1.165, 1.54) is 0 Å². The molecule has 1 aromatic carbocycles. The van der Waals surface area contributed by atoms with Crippen LogP contribution in [0.15, 0.2) is 30.3 Å². The van der Waals surface area contributed by atoms with Crippen molar-refractivity contribution in [3.8, 4) is 0 Å². The van der Waals surface area contributed by atoms with Crippen LogP contribution in [0.3, 0.4) is 0 Å². The first-order valence-electron chi connectivity index (χ1n) is 4.71. The summed E-state index contributed by atoms with van der Waals surface area (Å²) in [5.74, 6) is -0.586. The van der Waals surface area contributed by atoms with Crippen LogP contribution in [0.2, 0.25) is 0 Å². The van der Waals surface area contributed by atoms with E-state index in [0.717, 1.165) is 5.56 Å². The van der Waals surface area contributed by atoms with Gasteiger partial charge in [-0.1, -0.05) is 30.3 Å². The van der Waals surface area contributed by atoms with Gasteiger partial charge in [0.05, 0.1) is 12.5 Å². The highest BCUT2D eigenvalue weighted by atomic mass is 16.5. The average Bonchev–Trinajstić information content (AvgIpc) is 2.21. The third kappa shape index (κ3) is 2.57. The van der Waals surface area contributed by atoms with Gasteiger partial charge in [-0.25, -0.2) is 0 Å². The number of benzene rings is 1. The summed E-state index contributed by atoms with van der Waals surface area (Å²) in [6, 6.07) is 9.44. The first-order valence-corrected chi connectivity index (χ1v) is 4.71. The van der Waals surface area contributed by atoms with Crippen LogP contribution in [0, 0.1) is 0 Å². The fourth-order valence-electron chi connectivity index (χ4n) is 1.30. The number of esters is 1. The van der Waals surface area contributed by atoms with Crippen LogP contribution in [0.5, 0.6) is 0 Å². The van der Waals surface area contributed by atoms with Crippen molar-refractivity contribution < 1.29 is 9.53 Å². The SMILES string of the molecule is CCOC(=O)[C@H](CN)c1ccccc1. The molecule has 0 bridgehead atoms. The summed E-state index contributed by atoms with van der Waals surface area (Å²) in [4.78, 5) is 11.5. The number of carbonyl (C=O) groups excluding carboxylic acids is 1. The molecule has 0 amide bonds. The maximum Gasteiger partial charge on any atom is 0.314 e. The Hall–Kier alpha value is -1.35. The van der Waals surface area contributed by atoms with Crippen LogP contribution >= 0.6 is 0 Å². The zero-order chi connectivity index (χ0) is 10.4. The lowest BCUT2D eigenvalue weighted by atomic mass is 10.00. The summed E-state index contributed by atoms with van der Waals surface area (Å²) in [5, 5.41) is 0. The molecule has 0 radical (unpaired) electrons. The standard InChI is InChI=1S/C11H15NO2/c1-2-14-11(13)10(8-12)9-6-4-3-5-7-9/h3-7,10H,2,8,12H2,1H3/t10-/m1/s1. The fraction of sp³-hybridized carbons (Fsp3) is 0.364. The number of ether oxygens (including phenoxy) is 1. The van der Waals surface area contributed by atoms with E-state index in [-0.39, 0.29) is 18.4 Å². The van der Waals surface area contributed by atoms with Crippen molar-refractivity contribution in [2.75, 3.05) is 13.2 Å². The van der Waals surface area contributed by atoms with Crippen molar-refractivity contribution in [1.29, 1.82) is 0 Å². The smallest absolute Gasteiger partial charge is 0.314 e. The van der Waals surface area contributed by atoms with Crippen LogP contribution in [-0.4, -0.2) is 19.1 Å². The molecule has 0 unspecified atom stereocenters. The second-order valence-electron chi connectivity index (χ2n) is 2.95. The molecule has 2 N–H and O–H groups in total. The molecule has 1 rings (SSSR count). The molecule has 1 aromatic rings. The molecular formula is C11H15NO2. The van der Waals surface area contributed by atoms with Crippen LogP contribution in [0.1, 0.15) is 18.4 Å². The second-order valence-corrected chi connectivity index (χ2v) is 2.95. The Morgan fingerprint density at radius 2 is 2.07 bits per heavy atom. The van der Waals surface area contributed by atoms with Crippen LogP contribution < -0.4 is 5.73 Å². The van der Waals surface area contributed by atoms with E-state index in [4.69, 9.17) is 10.5 Å². The molecule has 3 nitrogen and oxygen atoms in total. The second kappa shape index (κ2) is 5.40. The van der Waals surface area contributed by atoms with E-state index in [1.807, 2.05) is 30.3 Å². The molecule has 14 heavy (non-hydrogen) atoms. The number of rotatable bonds is 4. The quantitative estimate of drug-likeness (QED) is 0.733. The van der Waals surface area contributed by atoms with Gasteiger partial charge >= 0.3 is 5.97 Å². The molecule has 0 aliphatic rings.